The van der Waals surface area contributed by atoms with E-state index in [-0.39, 0.29) is 11.7 Å². The summed E-state index contributed by atoms with van der Waals surface area (Å²) in [6, 6.07) is 12.6. The third-order valence-electron chi connectivity index (χ3n) is 3.38. The SMILES string of the molecule is CC(=O)ON(C(C)=O)[C@@H](C)C=Cc1cccc(Oc2ccc(F)cc2)c1. The van der Waals surface area contributed by atoms with Crippen LogP contribution in [0.3, 0.4) is 0 Å². The van der Waals surface area contributed by atoms with Crippen LogP contribution in [0.5, 0.6) is 11.5 Å². The molecule has 0 fully saturated rings. The third-order valence-corrected chi connectivity index (χ3v) is 3.38. The Kier molecular flexibility index (Phi) is 6.49. The van der Waals surface area contributed by atoms with Crippen LogP contribution in [0.25, 0.3) is 6.08 Å². The van der Waals surface area contributed by atoms with E-state index in [0.717, 1.165) is 10.6 Å². The molecular weight excluding hydrogens is 337 g/mol. The van der Waals surface area contributed by atoms with Crippen LogP contribution in [0.4, 0.5) is 4.39 Å². The second-order valence-electron chi connectivity index (χ2n) is 5.66. The monoisotopic (exact) mass is 357 g/mol. The fourth-order valence-corrected chi connectivity index (χ4v) is 2.22. The van der Waals surface area contributed by atoms with Crippen molar-refractivity contribution in [2.45, 2.75) is 26.8 Å². The summed E-state index contributed by atoms with van der Waals surface area (Å²) in [6.45, 7) is 4.30. The molecule has 0 N–H and O–H groups in total. The summed E-state index contributed by atoms with van der Waals surface area (Å²) in [7, 11) is 0. The van der Waals surface area contributed by atoms with Crippen molar-refractivity contribution in [3.8, 4) is 11.5 Å². The molecule has 26 heavy (non-hydrogen) atoms. The fourth-order valence-electron chi connectivity index (χ4n) is 2.22. The van der Waals surface area contributed by atoms with E-state index in [1.54, 1.807) is 43.3 Å². The Labute approximate surface area is 151 Å². The standard InChI is InChI=1S/C20H20FNO4/c1-14(22(15(2)23)26-16(3)24)7-8-17-5-4-6-20(13-17)25-19-11-9-18(21)10-12-19/h4-14H,1-3H3/t14-/m0/s1. The number of nitrogens with zero attached hydrogens (tertiary/aromatic N) is 1. The molecule has 0 aliphatic rings. The molecule has 2 rings (SSSR count). The molecule has 0 radical (unpaired) electrons. The van der Waals surface area contributed by atoms with Gasteiger partial charge in [-0.15, -0.1) is 0 Å². The first-order valence-corrected chi connectivity index (χ1v) is 8.05. The van der Waals surface area contributed by atoms with Gasteiger partial charge in [0.05, 0.1) is 6.04 Å². The van der Waals surface area contributed by atoms with Crippen molar-refractivity contribution in [3.63, 3.8) is 0 Å². The summed E-state index contributed by atoms with van der Waals surface area (Å²) < 4.78 is 18.6. The molecule has 0 heterocycles. The van der Waals surface area contributed by atoms with Crippen molar-refractivity contribution in [3.05, 3.63) is 66.0 Å². The lowest BCUT2D eigenvalue weighted by Gasteiger charge is -2.23. The summed E-state index contributed by atoms with van der Waals surface area (Å²) in [4.78, 5) is 27.6. The van der Waals surface area contributed by atoms with Gasteiger partial charge in [0.1, 0.15) is 17.3 Å². The number of hydrogen-bond acceptors (Lipinski definition) is 4. The number of hydrogen-bond donors (Lipinski definition) is 0. The van der Waals surface area contributed by atoms with E-state index >= 15 is 0 Å². The van der Waals surface area contributed by atoms with Crippen LogP contribution in [0.15, 0.2) is 54.6 Å². The average molecular weight is 357 g/mol. The maximum absolute atomic E-state index is 12.9. The molecule has 0 bridgehead atoms. The maximum Gasteiger partial charge on any atom is 0.329 e. The summed E-state index contributed by atoms with van der Waals surface area (Å²) in [5.74, 6) is -0.139. The molecule has 5 nitrogen and oxygen atoms in total. The molecule has 0 aliphatic heterocycles. The van der Waals surface area contributed by atoms with Crippen LogP contribution in [0.2, 0.25) is 0 Å². The van der Waals surface area contributed by atoms with Crippen LogP contribution >= 0.6 is 0 Å². The zero-order valence-electron chi connectivity index (χ0n) is 14.8. The van der Waals surface area contributed by atoms with Crippen molar-refractivity contribution < 1.29 is 23.6 Å². The second-order valence-corrected chi connectivity index (χ2v) is 5.66. The van der Waals surface area contributed by atoms with Gasteiger partial charge in [0.25, 0.3) is 5.91 Å². The van der Waals surface area contributed by atoms with Gasteiger partial charge in [-0.05, 0) is 48.9 Å². The van der Waals surface area contributed by atoms with Gasteiger partial charge in [-0.3, -0.25) is 9.59 Å². The van der Waals surface area contributed by atoms with Gasteiger partial charge in [0, 0.05) is 13.8 Å². The van der Waals surface area contributed by atoms with Crippen LogP contribution in [-0.4, -0.2) is 23.0 Å². The highest BCUT2D eigenvalue weighted by atomic mass is 19.1. The van der Waals surface area contributed by atoms with Gasteiger partial charge < -0.3 is 9.57 Å². The van der Waals surface area contributed by atoms with Gasteiger partial charge in [-0.1, -0.05) is 24.3 Å². The van der Waals surface area contributed by atoms with E-state index in [9.17, 15) is 14.0 Å². The van der Waals surface area contributed by atoms with E-state index in [2.05, 4.69) is 0 Å². The minimum atomic E-state index is -0.560. The second kappa shape index (κ2) is 8.80. The van der Waals surface area contributed by atoms with Crippen molar-refractivity contribution in [2.75, 3.05) is 0 Å². The highest BCUT2D eigenvalue weighted by Crippen LogP contribution is 2.23. The van der Waals surface area contributed by atoms with Crippen LogP contribution < -0.4 is 4.74 Å². The minimum Gasteiger partial charge on any atom is -0.457 e. The topological polar surface area (TPSA) is 55.8 Å². The Bertz CT molecular complexity index is 802. The maximum atomic E-state index is 12.9. The third kappa shape index (κ3) is 5.73. The van der Waals surface area contributed by atoms with E-state index in [4.69, 9.17) is 9.57 Å². The van der Waals surface area contributed by atoms with Crippen LogP contribution in [-0.2, 0) is 14.4 Å². The number of hydroxylamine groups is 2. The molecule has 0 unspecified atom stereocenters. The van der Waals surface area contributed by atoms with Crippen LogP contribution in [0.1, 0.15) is 26.3 Å². The number of halogens is 1. The summed E-state index contributed by atoms with van der Waals surface area (Å²) in [5, 5.41) is 1.01. The van der Waals surface area contributed by atoms with Crippen molar-refractivity contribution in [1.82, 2.24) is 5.06 Å². The molecule has 0 saturated heterocycles. The van der Waals surface area contributed by atoms with Crippen molar-refractivity contribution in [2.24, 2.45) is 0 Å². The predicted octanol–water partition coefficient (Wildman–Crippen LogP) is 4.35. The first-order chi connectivity index (χ1) is 12.3. The molecule has 6 heteroatoms. The number of carbonyl (C=O) groups excluding carboxylic acids is 2. The first-order valence-electron chi connectivity index (χ1n) is 8.05. The van der Waals surface area contributed by atoms with Crippen LogP contribution in [0, 0.1) is 5.82 Å². The van der Waals surface area contributed by atoms with Gasteiger partial charge in [0.2, 0.25) is 0 Å². The normalized spacial score (nSPS) is 11.8. The van der Waals surface area contributed by atoms with Crippen molar-refractivity contribution >= 4 is 18.0 Å². The molecule has 2 aromatic carbocycles. The Morgan fingerprint density at radius 3 is 2.38 bits per heavy atom. The average Bonchev–Trinajstić information content (AvgIpc) is 2.59. The fraction of sp³-hybridized carbons (Fsp3) is 0.200. The highest BCUT2D eigenvalue weighted by Gasteiger charge is 2.17. The van der Waals surface area contributed by atoms with Crippen molar-refractivity contribution in [1.29, 1.82) is 0 Å². The lowest BCUT2D eigenvalue weighted by atomic mass is 10.1. The Morgan fingerprint density at radius 2 is 1.77 bits per heavy atom. The Morgan fingerprint density at radius 1 is 1.08 bits per heavy atom. The predicted molar refractivity (Wildman–Crippen MR) is 95.7 cm³/mol. The molecule has 1 amide bonds. The zero-order valence-corrected chi connectivity index (χ0v) is 14.8. The first kappa shape index (κ1) is 19.2. The van der Waals surface area contributed by atoms with E-state index < -0.39 is 12.0 Å². The van der Waals surface area contributed by atoms with E-state index in [0.29, 0.717) is 11.5 Å². The summed E-state index contributed by atoms with van der Waals surface area (Å²) >= 11 is 0. The van der Waals surface area contributed by atoms with Gasteiger partial charge in [-0.25, -0.2) is 4.39 Å². The summed E-state index contributed by atoms with van der Waals surface area (Å²) in [5.41, 5.74) is 0.836. The molecule has 0 aliphatic carbocycles. The number of amides is 1. The number of ether oxygens (including phenoxy) is 1. The molecular formula is C20H20FNO4. The number of carbonyl (C=O) groups is 2. The lowest BCUT2D eigenvalue weighted by molar-refractivity contribution is -0.199. The largest absolute Gasteiger partial charge is 0.457 e. The Hall–Kier alpha value is -3.15. The van der Waals surface area contributed by atoms with Gasteiger partial charge in [0.15, 0.2) is 0 Å². The van der Waals surface area contributed by atoms with Gasteiger partial charge >= 0.3 is 5.97 Å². The Balaban J connectivity index is 2.09. The molecule has 1 atom stereocenters. The molecule has 0 aromatic heterocycles. The minimum absolute atomic E-state index is 0.328. The number of benzene rings is 2. The lowest BCUT2D eigenvalue weighted by Crippen LogP contribution is -2.37. The summed E-state index contributed by atoms with van der Waals surface area (Å²) in [6.07, 6.45) is 3.53. The highest BCUT2D eigenvalue weighted by molar-refractivity contribution is 5.75. The molecule has 136 valence electrons. The molecule has 0 spiro atoms. The smallest absolute Gasteiger partial charge is 0.329 e. The number of rotatable bonds is 5. The molecule has 0 saturated carbocycles. The van der Waals surface area contributed by atoms with E-state index in [1.807, 2.05) is 12.1 Å². The van der Waals surface area contributed by atoms with E-state index in [1.165, 1.54) is 26.0 Å². The quantitative estimate of drug-likeness (QED) is 0.747. The molecule has 2 aromatic rings. The zero-order chi connectivity index (χ0) is 19.1. The van der Waals surface area contributed by atoms with Gasteiger partial charge in [-0.2, -0.15) is 5.06 Å².